The van der Waals surface area contributed by atoms with Gasteiger partial charge in [-0.15, -0.1) is 0 Å². The standard InChI is InChI=1S/C18H28N2O/c1-12-4-8-16(10-13(12)2)21-18-9-5-14(3)20-17(18)11-19-15-6-7-15/h5,9,12-13,15-16,19H,4,6-8,10-11H2,1-3H3. The molecule has 1 N–H and O–H groups in total. The van der Waals surface area contributed by atoms with Gasteiger partial charge in [-0.2, -0.15) is 0 Å². The minimum absolute atomic E-state index is 0.361. The van der Waals surface area contributed by atoms with Crippen LogP contribution in [0.15, 0.2) is 12.1 Å². The Morgan fingerprint density at radius 1 is 1.14 bits per heavy atom. The predicted molar refractivity (Wildman–Crippen MR) is 85.4 cm³/mol. The van der Waals surface area contributed by atoms with Crippen LogP contribution >= 0.6 is 0 Å². The largest absolute Gasteiger partial charge is 0.488 e. The molecule has 0 spiro atoms. The Balaban J connectivity index is 1.65. The highest BCUT2D eigenvalue weighted by Gasteiger charge is 2.27. The second-order valence-corrected chi connectivity index (χ2v) is 7.06. The molecule has 116 valence electrons. The minimum Gasteiger partial charge on any atom is -0.488 e. The van der Waals surface area contributed by atoms with E-state index in [0.717, 1.165) is 35.5 Å². The van der Waals surface area contributed by atoms with Crippen molar-refractivity contribution in [3.63, 3.8) is 0 Å². The lowest BCUT2D eigenvalue weighted by atomic mass is 9.80. The first-order valence-electron chi connectivity index (χ1n) is 8.48. The van der Waals surface area contributed by atoms with E-state index in [1.807, 2.05) is 0 Å². The molecule has 0 bridgehead atoms. The van der Waals surface area contributed by atoms with Gasteiger partial charge in [0.05, 0.1) is 11.8 Å². The first-order chi connectivity index (χ1) is 10.1. The highest BCUT2D eigenvalue weighted by molar-refractivity contribution is 5.29. The van der Waals surface area contributed by atoms with Crippen molar-refractivity contribution in [1.29, 1.82) is 0 Å². The van der Waals surface area contributed by atoms with Crippen molar-refractivity contribution in [2.45, 2.75) is 71.6 Å². The number of aryl methyl sites for hydroxylation is 1. The highest BCUT2D eigenvalue weighted by Crippen LogP contribution is 2.32. The summed E-state index contributed by atoms with van der Waals surface area (Å²) in [6.45, 7) is 7.59. The van der Waals surface area contributed by atoms with E-state index in [1.165, 1.54) is 32.1 Å². The summed E-state index contributed by atoms with van der Waals surface area (Å²) in [4.78, 5) is 4.68. The van der Waals surface area contributed by atoms with E-state index in [4.69, 9.17) is 4.74 Å². The van der Waals surface area contributed by atoms with Gasteiger partial charge >= 0.3 is 0 Å². The van der Waals surface area contributed by atoms with E-state index in [1.54, 1.807) is 0 Å². The maximum atomic E-state index is 6.31. The SMILES string of the molecule is Cc1ccc(OC2CCC(C)C(C)C2)c(CNC2CC2)n1. The topological polar surface area (TPSA) is 34.1 Å². The van der Waals surface area contributed by atoms with E-state index >= 15 is 0 Å². The van der Waals surface area contributed by atoms with Crippen LogP contribution in [0.4, 0.5) is 0 Å². The van der Waals surface area contributed by atoms with Crippen molar-refractivity contribution < 1.29 is 4.74 Å². The third kappa shape index (κ3) is 3.97. The van der Waals surface area contributed by atoms with Crippen LogP contribution in [0.1, 0.15) is 57.3 Å². The van der Waals surface area contributed by atoms with Gasteiger partial charge in [-0.05, 0) is 63.0 Å². The van der Waals surface area contributed by atoms with Crippen molar-refractivity contribution in [3.8, 4) is 5.75 Å². The van der Waals surface area contributed by atoms with Gasteiger partial charge in [-0.3, -0.25) is 4.98 Å². The van der Waals surface area contributed by atoms with Crippen molar-refractivity contribution in [2.24, 2.45) is 11.8 Å². The molecular weight excluding hydrogens is 260 g/mol. The maximum absolute atomic E-state index is 6.31. The summed E-state index contributed by atoms with van der Waals surface area (Å²) in [5.74, 6) is 2.58. The summed E-state index contributed by atoms with van der Waals surface area (Å²) in [6.07, 6.45) is 6.60. The molecule has 1 heterocycles. The molecule has 0 aromatic carbocycles. The van der Waals surface area contributed by atoms with E-state index < -0.39 is 0 Å². The number of rotatable bonds is 5. The molecule has 0 amide bonds. The fourth-order valence-electron chi connectivity index (χ4n) is 3.14. The molecule has 0 saturated heterocycles. The van der Waals surface area contributed by atoms with Gasteiger partial charge in [0.1, 0.15) is 5.75 Å². The quantitative estimate of drug-likeness (QED) is 0.893. The molecule has 2 aliphatic rings. The molecular formula is C18H28N2O. The zero-order chi connectivity index (χ0) is 14.8. The van der Waals surface area contributed by atoms with Gasteiger partial charge in [-0.25, -0.2) is 0 Å². The van der Waals surface area contributed by atoms with Gasteiger partial charge < -0.3 is 10.1 Å². The molecule has 2 saturated carbocycles. The molecule has 1 aromatic heterocycles. The second-order valence-electron chi connectivity index (χ2n) is 7.06. The molecule has 2 fully saturated rings. The molecule has 3 unspecified atom stereocenters. The lowest BCUT2D eigenvalue weighted by molar-refractivity contribution is 0.0991. The van der Waals surface area contributed by atoms with Crippen molar-refractivity contribution >= 4 is 0 Å². The number of hydrogen-bond acceptors (Lipinski definition) is 3. The van der Waals surface area contributed by atoms with Gasteiger partial charge in [0.15, 0.2) is 0 Å². The third-order valence-corrected chi connectivity index (χ3v) is 5.05. The molecule has 2 aliphatic carbocycles. The lowest BCUT2D eigenvalue weighted by Gasteiger charge is -2.32. The number of aromatic nitrogens is 1. The summed E-state index contributed by atoms with van der Waals surface area (Å²) in [5, 5.41) is 3.55. The van der Waals surface area contributed by atoms with Crippen molar-refractivity contribution in [2.75, 3.05) is 0 Å². The number of pyridine rings is 1. The van der Waals surface area contributed by atoms with E-state index in [2.05, 4.69) is 43.2 Å². The fraction of sp³-hybridized carbons (Fsp3) is 0.722. The molecule has 3 atom stereocenters. The first-order valence-corrected chi connectivity index (χ1v) is 8.48. The van der Waals surface area contributed by atoms with Gasteiger partial charge in [-0.1, -0.05) is 13.8 Å². The van der Waals surface area contributed by atoms with Crippen LogP contribution in [0.3, 0.4) is 0 Å². The Labute approximate surface area is 128 Å². The van der Waals surface area contributed by atoms with Gasteiger partial charge in [0.2, 0.25) is 0 Å². The third-order valence-electron chi connectivity index (χ3n) is 5.05. The summed E-state index contributed by atoms with van der Waals surface area (Å²) >= 11 is 0. The van der Waals surface area contributed by atoms with Crippen LogP contribution in [0.5, 0.6) is 5.75 Å². The van der Waals surface area contributed by atoms with E-state index in [0.29, 0.717) is 12.1 Å². The Bertz CT molecular complexity index is 484. The smallest absolute Gasteiger partial charge is 0.142 e. The summed E-state index contributed by atoms with van der Waals surface area (Å²) in [6, 6.07) is 4.87. The average Bonchev–Trinajstić information content (AvgIpc) is 3.27. The van der Waals surface area contributed by atoms with Gasteiger partial charge in [0, 0.05) is 18.3 Å². The lowest BCUT2D eigenvalue weighted by Crippen LogP contribution is -2.29. The molecule has 21 heavy (non-hydrogen) atoms. The number of nitrogens with one attached hydrogen (secondary N) is 1. The molecule has 1 aromatic rings. The molecule has 3 nitrogen and oxygen atoms in total. The Morgan fingerprint density at radius 2 is 1.95 bits per heavy atom. The van der Waals surface area contributed by atoms with Gasteiger partial charge in [0.25, 0.3) is 0 Å². The van der Waals surface area contributed by atoms with Crippen LogP contribution in [0, 0.1) is 18.8 Å². The molecule has 3 heteroatoms. The molecule has 3 rings (SSSR count). The summed E-state index contributed by atoms with van der Waals surface area (Å²) in [5.41, 5.74) is 2.15. The fourth-order valence-corrected chi connectivity index (χ4v) is 3.14. The number of ether oxygens (including phenoxy) is 1. The Hall–Kier alpha value is -1.09. The van der Waals surface area contributed by atoms with Crippen LogP contribution < -0.4 is 10.1 Å². The summed E-state index contributed by atoms with van der Waals surface area (Å²) in [7, 11) is 0. The van der Waals surface area contributed by atoms with Crippen LogP contribution in [-0.2, 0) is 6.54 Å². The number of nitrogens with zero attached hydrogens (tertiary/aromatic N) is 1. The Kier molecular flexibility index (Phi) is 4.48. The normalized spacial score (nSPS) is 29.4. The zero-order valence-corrected chi connectivity index (χ0v) is 13.6. The van der Waals surface area contributed by atoms with Crippen LogP contribution in [-0.4, -0.2) is 17.1 Å². The van der Waals surface area contributed by atoms with Crippen LogP contribution in [0.25, 0.3) is 0 Å². The van der Waals surface area contributed by atoms with Crippen LogP contribution in [0.2, 0.25) is 0 Å². The van der Waals surface area contributed by atoms with E-state index in [-0.39, 0.29) is 0 Å². The second kappa shape index (κ2) is 6.35. The first kappa shape index (κ1) is 14.8. The molecule has 0 radical (unpaired) electrons. The maximum Gasteiger partial charge on any atom is 0.142 e. The monoisotopic (exact) mass is 288 g/mol. The van der Waals surface area contributed by atoms with Crippen molar-refractivity contribution in [1.82, 2.24) is 10.3 Å². The van der Waals surface area contributed by atoms with Crippen molar-refractivity contribution in [3.05, 3.63) is 23.5 Å². The average molecular weight is 288 g/mol. The predicted octanol–water partition coefficient (Wildman–Crippen LogP) is 3.85. The molecule has 0 aliphatic heterocycles. The number of hydrogen-bond donors (Lipinski definition) is 1. The van der Waals surface area contributed by atoms with E-state index in [9.17, 15) is 0 Å². The Morgan fingerprint density at radius 3 is 2.67 bits per heavy atom. The highest BCUT2D eigenvalue weighted by atomic mass is 16.5. The zero-order valence-electron chi connectivity index (χ0n) is 13.6. The minimum atomic E-state index is 0.361. The summed E-state index contributed by atoms with van der Waals surface area (Å²) < 4.78 is 6.31.